The highest BCUT2D eigenvalue weighted by Gasteiger charge is 2.19. The van der Waals surface area contributed by atoms with E-state index < -0.39 is 0 Å². The summed E-state index contributed by atoms with van der Waals surface area (Å²) in [4.78, 5) is 19.3. The van der Waals surface area contributed by atoms with E-state index >= 15 is 0 Å². The Kier molecular flexibility index (Phi) is 6.71. The van der Waals surface area contributed by atoms with Crippen LogP contribution in [-0.2, 0) is 5.75 Å². The molecule has 2 heterocycles. The van der Waals surface area contributed by atoms with Gasteiger partial charge < -0.3 is 9.73 Å². The van der Waals surface area contributed by atoms with E-state index in [-0.39, 0.29) is 11.9 Å². The van der Waals surface area contributed by atoms with Gasteiger partial charge in [-0.25, -0.2) is 4.98 Å². The molecule has 2 aromatic heterocycles. The summed E-state index contributed by atoms with van der Waals surface area (Å²) in [6.45, 7) is 2.47. The Hall–Kier alpha value is -2.09. The fourth-order valence-electron chi connectivity index (χ4n) is 2.71. The van der Waals surface area contributed by atoms with Crippen LogP contribution in [0.1, 0.15) is 33.4 Å². The maximum atomic E-state index is 12.8. The zero-order valence-corrected chi connectivity index (χ0v) is 17.3. The quantitative estimate of drug-likeness (QED) is 0.568. The lowest BCUT2D eigenvalue weighted by Crippen LogP contribution is -2.34. The fourth-order valence-corrected chi connectivity index (χ4v) is 4.56. The van der Waals surface area contributed by atoms with Crippen LogP contribution in [0.4, 0.5) is 0 Å². The second-order valence-electron chi connectivity index (χ2n) is 6.41. The SMILES string of the molecule is Cc1csc(SCc2ccccc2C(=O)NCC(c2ccco2)N(C)C)n1. The molecule has 7 heteroatoms. The molecule has 27 heavy (non-hydrogen) atoms. The van der Waals surface area contributed by atoms with E-state index in [1.807, 2.05) is 67.7 Å². The molecule has 1 N–H and O–H groups in total. The van der Waals surface area contributed by atoms with E-state index in [1.165, 1.54) is 0 Å². The zero-order chi connectivity index (χ0) is 19.2. The highest BCUT2D eigenvalue weighted by molar-refractivity contribution is 8.00. The molecule has 142 valence electrons. The summed E-state index contributed by atoms with van der Waals surface area (Å²) in [7, 11) is 3.94. The van der Waals surface area contributed by atoms with Crippen LogP contribution in [0.3, 0.4) is 0 Å². The molecule has 5 nitrogen and oxygen atoms in total. The Labute approximate surface area is 167 Å². The first-order valence-electron chi connectivity index (χ1n) is 8.65. The predicted molar refractivity (Wildman–Crippen MR) is 110 cm³/mol. The van der Waals surface area contributed by atoms with Crippen LogP contribution in [0.25, 0.3) is 0 Å². The first-order chi connectivity index (χ1) is 13.0. The summed E-state index contributed by atoms with van der Waals surface area (Å²) in [5.74, 6) is 1.48. The molecule has 0 spiro atoms. The van der Waals surface area contributed by atoms with Gasteiger partial charge in [-0.2, -0.15) is 0 Å². The predicted octanol–water partition coefficient (Wildman–Crippen LogP) is 4.37. The van der Waals surface area contributed by atoms with E-state index in [2.05, 4.69) is 10.3 Å². The number of benzene rings is 1. The van der Waals surface area contributed by atoms with Crippen molar-refractivity contribution in [1.82, 2.24) is 15.2 Å². The molecule has 0 aliphatic carbocycles. The minimum atomic E-state index is -0.0695. The zero-order valence-electron chi connectivity index (χ0n) is 15.6. The van der Waals surface area contributed by atoms with Gasteiger partial charge >= 0.3 is 0 Å². The highest BCUT2D eigenvalue weighted by atomic mass is 32.2. The molecule has 3 rings (SSSR count). The third kappa shape index (κ3) is 5.22. The Morgan fingerprint density at radius 3 is 2.78 bits per heavy atom. The first kappa shape index (κ1) is 19.7. The first-order valence-corrected chi connectivity index (χ1v) is 10.5. The maximum absolute atomic E-state index is 12.8. The summed E-state index contributed by atoms with van der Waals surface area (Å²) < 4.78 is 6.53. The van der Waals surface area contributed by atoms with Crippen LogP contribution in [0.2, 0.25) is 0 Å². The summed E-state index contributed by atoms with van der Waals surface area (Å²) >= 11 is 3.29. The molecular formula is C20H23N3O2S2. The molecular weight excluding hydrogens is 378 g/mol. The van der Waals surface area contributed by atoms with E-state index in [4.69, 9.17) is 4.42 Å². The van der Waals surface area contributed by atoms with Crippen LogP contribution in [0.5, 0.6) is 0 Å². The number of furan rings is 1. The minimum absolute atomic E-state index is 0.0104. The fraction of sp³-hybridized carbons (Fsp3) is 0.300. The van der Waals surface area contributed by atoms with Gasteiger partial charge in [0.1, 0.15) is 10.1 Å². The van der Waals surface area contributed by atoms with Gasteiger partial charge in [0.15, 0.2) is 0 Å². The molecule has 3 aromatic rings. The Morgan fingerprint density at radius 2 is 2.11 bits per heavy atom. The standard InChI is InChI=1S/C20H23N3O2S2/c1-14-12-26-20(22-14)27-13-15-7-4-5-8-16(15)19(24)21-11-17(23(2)3)18-9-6-10-25-18/h4-10,12,17H,11,13H2,1-3H3,(H,21,24). The number of amides is 1. The van der Waals surface area contributed by atoms with E-state index in [1.54, 1.807) is 29.4 Å². The molecule has 0 fully saturated rings. The van der Waals surface area contributed by atoms with Crippen LogP contribution in [0, 0.1) is 6.92 Å². The van der Waals surface area contributed by atoms with Crippen molar-refractivity contribution in [1.29, 1.82) is 0 Å². The van der Waals surface area contributed by atoms with Gasteiger partial charge in [-0.15, -0.1) is 11.3 Å². The van der Waals surface area contributed by atoms with Crippen LogP contribution in [-0.4, -0.2) is 36.4 Å². The van der Waals surface area contributed by atoms with Crippen molar-refractivity contribution in [3.05, 3.63) is 70.6 Å². The summed E-state index contributed by atoms with van der Waals surface area (Å²) in [6.07, 6.45) is 1.65. The molecule has 0 saturated carbocycles. The molecule has 1 atom stereocenters. The number of likely N-dealkylation sites (N-methyl/N-ethyl adjacent to an activating group) is 1. The van der Waals surface area contributed by atoms with Gasteiger partial charge in [-0.3, -0.25) is 9.69 Å². The number of aryl methyl sites for hydroxylation is 1. The average molecular weight is 402 g/mol. The van der Waals surface area contributed by atoms with Gasteiger partial charge in [-0.05, 0) is 44.8 Å². The van der Waals surface area contributed by atoms with Crippen molar-refractivity contribution >= 4 is 29.0 Å². The van der Waals surface area contributed by atoms with E-state index in [0.29, 0.717) is 17.9 Å². The molecule has 1 amide bonds. The molecule has 0 saturated heterocycles. The Balaban J connectivity index is 1.65. The largest absolute Gasteiger partial charge is 0.468 e. The number of rotatable bonds is 8. The lowest BCUT2D eigenvalue weighted by atomic mass is 10.1. The molecule has 0 aliphatic rings. The number of thiazole rings is 1. The molecule has 0 aliphatic heterocycles. The lowest BCUT2D eigenvalue weighted by Gasteiger charge is -2.22. The molecule has 0 radical (unpaired) electrons. The summed E-state index contributed by atoms with van der Waals surface area (Å²) in [6, 6.07) is 11.5. The number of nitrogens with one attached hydrogen (secondary N) is 1. The number of hydrogen-bond donors (Lipinski definition) is 1. The van der Waals surface area contributed by atoms with Crippen LogP contribution >= 0.6 is 23.1 Å². The van der Waals surface area contributed by atoms with E-state index in [0.717, 1.165) is 21.4 Å². The number of nitrogens with zero attached hydrogens (tertiary/aromatic N) is 2. The van der Waals surface area contributed by atoms with Crippen LogP contribution < -0.4 is 5.32 Å². The molecule has 1 unspecified atom stereocenters. The van der Waals surface area contributed by atoms with Crippen molar-refractivity contribution in [2.75, 3.05) is 20.6 Å². The van der Waals surface area contributed by atoms with Gasteiger partial charge in [0.2, 0.25) is 0 Å². The van der Waals surface area contributed by atoms with Gasteiger partial charge in [0.25, 0.3) is 5.91 Å². The minimum Gasteiger partial charge on any atom is -0.468 e. The Bertz CT molecular complexity index is 875. The monoisotopic (exact) mass is 401 g/mol. The lowest BCUT2D eigenvalue weighted by molar-refractivity contribution is 0.0938. The molecule has 1 aromatic carbocycles. The number of thioether (sulfide) groups is 1. The number of hydrogen-bond acceptors (Lipinski definition) is 6. The molecule has 0 bridgehead atoms. The highest BCUT2D eigenvalue weighted by Crippen LogP contribution is 2.27. The van der Waals surface area contributed by atoms with Crippen molar-refractivity contribution in [3.63, 3.8) is 0 Å². The normalized spacial score (nSPS) is 12.3. The van der Waals surface area contributed by atoms with E-state index in [9.17, 15) is 4.79 Å². The maximum Gasteiger partial charge on any atom is 0.251 e. The van der Waals surface area contributed by atoms with Gasteiger partial charge in [0.05, 0.1) is 12.3 Å². The second kappa shape index (κ2) is 9.21. The summed E-state index contributed by atoms with van der Waals surface area (Å²) in [5, 5.41) is 5.09. The average Bonchev–Trinajstić information content (AvgIpc) is 3.32. The number of carbonyl (C=O) groups is 1. The second-order valence-corrected chi connectivity index (χ2v) is 8.49. The third-order valence-corrected chi connectivity index (χ3v) is 6.35. The van der Waals surface area contributed by atoms with Gasteiger partial charge in [0, 0.05) is 28.9 Å². The Morgan fingerprint density at radius 1 is 1.30 bits per heavy atom. The summed E-state index contributed by atoms with van der Waals surface area (Å²) in [5.41, 5.74) is 2.74. The number of aromatic nitrogens is 1. The smallest absolute Gasteiger partial charge is 0.251 e. The van der Waals surface area contributed by atoms with Crippen molar-refractivity contribution in [2.24, 2.45) is 0 Å². The van der Waals surface area contributed by atoms with Crippen molar-refractivity contribution < 1.29 is 9.21 Å². The number of carbonyl (C=O) groups excluding carboxylic acids is 1. The third-order valence-electron chi connectivity index (χ3n) is 4.16. The van der Waals surface area contributed by atoms with Gasteiger partial charge in [-0.1, -0.05) is 30.0 Å². The van der Waals surface area contributed by atoms with Crippen molar-refractivity contribution in [2.45, 2.75) is 23.1 Å². The van der Waals surface area contributed by atoms with Crippen LogP contribution in [0.15, 0.2) is 56.8 Å². The topological polar surface area (TPSA) is 58.4 Å². The van der Waals surface area contributed by atoms with Crippen molar-refractivity contribution in [3.8, 4) is 0 Å².